The Labute approximate surface area is 79.1 Å². The molecular weight excluding hydrogens is 194 g/mol. The minimum Gasteiger partial charge on any atom is -0.477 e. The minimum absolute atomic E-state index is 0.0265. The van der Waals surface area contributed by atoms with E-state index in [1.54, 1.807) is 0 Å². The number of hydrogen-bond donors (Lipinski definition) is 3. The van der Waals surface area contributed by atoms with Gasteiger partial charge >= 0.3 is 5.97 Å². The van der Waals surface area contributed by atoms with Gasteiger partial charge in [0.2, 0.25) is 0 Å². The summed E-state index contributed by atoms with van der Waals surface area (Å²) in [5.74, 6) is -1.06. The highest BCUT2D eigenvalue weighted by atomic mass is 35.5. The Kier molecular flexibility index (Phi) is 1.82. The van der Waals surface area contributed by atoms with Gasteiger partial charge < -0.3 is 15.2 Å². The fourth-order valence-electron chi connectivity index (χ4n) is 1.64. The van der Waals surface area contributed by atoms with E-state index in [0.29, 0.717) is 12.8 Å². The van der Waals surface area contributed by atoms with Crippen LogP contribution in [0.15, 0.2) is 0 Å². The molecule has 1 aromatic heterocycles. The van der Waals surface area contributed by atoms with Crippen molar-refractivity contribution in [2.45, 2.75) is 18.9 Å². The fraction of sp³-hybridized carbons (Fsp3) is 0.375. The number of fused-ring (bicyclic) bond motifs is 1. The summed E-state index contributed by atoms with van der Waals surface area (Å²) >= 11 is 5.81. The van der Waals surface area contributed by atoms with E-state index in [9.17, 15) is 9.90 Å². The van der Waals surface area contributed by atoms with Gasteiger partial charge in [-0.05, 0) is 5.56 Å². The van der Waals surface area contributed by atoms with Gasteiger partial charge in [0.15, 0.2) is 0 Å². The number of aromatic nitrogens is 1. The Morgan fingerprint density at radius 1 is 1.54 bits per heavy atom. The molecule has 0 fully saturated rings. The lowest BCUT2D eigenvalue weighted by molar-refractivity contribution is 0.0690. The number of aromatic carboxylic acids is 1. The Hall–Kier alpha value is -1.00. The number of aliphatic hydroxyl groups excluding tert-OH is 1. The lowest BCUT2D eigenvalue weighted by Crippen LogP contribution is -2.07. The molecule has 0 aromatic carbocycles. The first kappa shape index (κ1) is 8.59. The molecule has 0 bridgehead atoms. The van der Waals surface area contributed by atoms with Crippen LogP contribution >= 0.6 is 11.6 Å². The number of hydrogen-bond acceptors (Lipinski definition) is 2. The van der Waals surface area contributed by atoms with Crippen molar-refractivity contribution in [2.75, 3.05) is 0 Å². The van der Waals surface area contributed by atoms with Crippen molar-refractivity contribution < 1.29 is 15.0 Å². The summed E-state index contributed by atoms with van der Waals surface area (Å²) in [5.41, 5.74) is 1.51. The maximum atomic E-state index is 10.6. The first-order valence-electron chi connectivity index (χ1n) is 3.90. The zero-order chi connectivity index (χ0) is 9.59. The van der Waals surface area contributed by atoms with Gasteiger partial charge in [-0.15, -0.1) is 0 Å². The third-order valence-electron chi connectivity index (χ3n) is 2.22. The number of aliphatic hydroxyl groups is 1. The molecule has 5 heteroatoms. The van der Waals surface area contributed by atoms with Crippen molar-refractivity contribution in [3.8, 4) is 0 Å². The van der Waals surface area contributed by atoms with Crippen molar-refractivity contribution in [3.05, 3.63) is 22.0 Å². The second-order valence-electron chi connectivity index (χ2n) is 3.14. The molecule has 1 aliphatic carbocycles. The van der Waals surface area contributed by atoms with Gasteiger partial charge in [0.1, 0.15) is 5.69 Å². The van der Waals surface area contributed by atoms with Crippen LogP contribution in [0, 0.1) is 0 Å². The largest absolute Gasteiger partial charge is 0.477 e. The van der Waals surface area contributed by atoms with Crippen molar-refractivity contribution >= 4 is 17.6 Å². The van der Waals surface area contributed by atoms with Crippen molar-refractivity contribution in [1.82, 2.24) is 4.98 Å². The Morgan fingerprint density at radius 3 is 2.77 bits per heavy atom. The average molecular weight is 202 g/mol. The number of carbonyl (C=O) groups is 1. The molecule has 1 aliphatic rings. The number of carboxylic acids is 1. The van der Waals surface area contributed by atoms with Crippen LogP contribution < -0.4 is 0 Å². The van der Waals surface area contributed by atoms with Crippen molar-refractivity contribution in [1.29, 1.82) is 0 Å². The molecule has 4 nitrogen and oxygen atoms in total. The molecule has 3 N–H and O–H groups in total. The molecule has 2 rings (SSSR count). The number of carboxylic acid groups (broad SMARTS) is 1. The first-order chi connectivity index (χ1) is 6.09. The number of nitrogens with one attached hydrogen (secondary N) is 1. The molecule has 0 spiro atoms. The standard InChI is InChI=1S/C8H8ClNO3/c9-6-4-1-3(11)2-5(4)10-7(6)8(12)13/h3,10-11H,1-2H2,(H,12,13). The van der Waals surface area contributed by atoms with Crippen LogP contribution in [0.1, 0.15) is 21.7 Å². The van der Waals surface area contributed by atoms with Crippen LogP contribution in [-0.4, -0.2) is 27.3 Å². The summed E-state index contributed by atoms with van der Waals surface area (Å²) in [6, 6.07) is 0. The van der Waals surface area contributed by atoms with Gasteiger partial charge in [-0.2, -0.15) is 0 Å². The lowest BCUT2D eigenvalue weighted by Gasteiger charge is -1.98. The molecule has 0 saturated carbocycles. The first-order valence-corrected chi connectivity index (χ1v) is 4.28. The van der Waals surface area contributed by atoms with Crippen LogP contribution in [0.4, 0.5) is 0 Å². The molecular formula is C8H8ClNO3. The van der Waals surface area contributed by atoms with E-state index in [0.717, 1.165) is 11.3 Å². The highest BCUT2D eigenvalue weighted by Crippen LogP contribution is 2.31. The second-order valence-corrected chi connectivity index (χ2v) is 3.52. The smallest absolute Gasteiger partial charge is 0.353 e. The van der Waals surface area contributed by atoms with Gasteiger partial charge in [0.25, 0.3) is 0 Å². The molecule has 1 heterocycles. The topological polar surface area (TPSA) is 73.3 Å². The van der Waals surface area contributed by atoms with Crippen molar-refractivity contribution in [2.24, 2.45) is 0 Å². The van der Waals surface area contributed by atoms with E-state index < -0.39 is 12.1 Å². The predicted molar refractivity (Wildman–Crippen MR) is 46.2 cm³/mol. The zero-order valence-corrected chi connectivity index (χ0v) is 7.43. The molecule has 1 atom stereocenters. The Morgan fingerprint density at radius 2 is 2.23 bits per heavy atom. The monoisotopic (exact) mass is 201 g/mol. The molecule has 1 unspecified atom stereocenters. The van der Waals surface area contributed by atoms with E-state index in [2.05, 4.69) is 4.98 Å². The van der Waals surface area contributed by atoms with E-state index >= 15 is 0 Å². The van der Waals surface area contributed by atoms with Crippen LogP contribution in [0.5, 0.6) is 0 Å². The summed E-state index contributed by atoms with van der Waals surface area (Å²) in [4.78, 5) is 13.3. The normalized spacial score (nSPS) is 20.3. The highest BCUT2D eigenvalue weighted by Gasteiger charge is 2.28. The van der Waals surface area contributed by atoms with Crippen LogP contribution in [0.25, 0.3) is 0 Å². The molecule has 13 heavy (non-hydrogen) atoms. The molecule has 0 amide bonds. The third kappa shape index (κ3) is 1.22. The highest BCUT2D eigenvalue weighted by molar-refractivity contribution is 6.34. The van der Waals surface area contributed by atoms with E-state index in [1.807, 2.05) is 0 Å². The van der Waals surface area contributed by atoms with Crippen LogP contribution in [0.2, 0.25) is 5.02 Å². The van der Waals surface area contributed by atoms with Gasteiger partial charge in [0.05, 0.1) is 11.1 Å². The maximum absolute atomic E-state index is 10.6. The SMILES string of the molecule is O=C(O)c1[nH]c2c(c1Cl)CC(O)C2. The molecule has 0 saturated heterocycles. The maximum Gasteiger partial charge on any atom is 0.353 e. The third-order valence-corrected chi connectivity index (χ3v) is 2.64. The average Bonchev–Trinajstić information content (AvgIpc) is 2.51. The number of rotatable bonds is 1. The second kappa shape index (κ2) is 2.75. The summed E-state index contributed by atoms with van der Waals surface area (Å²) in [6.45, 7) is 0. The predicted octanol–water partition coefficient (Wildman–Crippen LogP) is 0.826. The number of aromatic amines is 1. The summed E-state index contributed by atoms with van der Waals surface area (Å²) in [6.07, 6.45) is 0.474. The minimum atomic E-state index is -1.06. The summed E-state index contributed by atoms with van der Waals surface area (Å²) in [7, 11) is 0. The molecule has 0 radical (unpaired) electrons. The summed E-state index contributed by atoms with van der Waals surface area (Å²) < 4.78 is 0. The number of halogens is 1. The van der Waals surface area contributed by atoms with Gasteiger partial charge in [-0.25, -0.2) is 4.79 Å². The van der Waals surface area contributed by atoms with E-state index in [-0.39, 0.29) is 10.7 Å². The fourth-order valence-corrected chi connectivity index (χ4v) is 1.96. The Balaban J connectivity index is 2.47. The van der Waals surface area contributed by atoms with E-state index in [4.69, 9.17) is 16.7 Å². The number of H-pyrrole nitrogens is 1. The molecule has 70 valence electrons. The van der Waals surface area contributed by atoms with Gasteiger partial charge in [-0.1, -0.05) is 11.6 Å². The Bertz CT molecular complexity index is 372. The van der Waals surface area contributed by atoms with E-state index in [1.165, 1.54) is 0 Å². The molecule has 0 aliphatic heterocycles. The van der Waals surface area contributed by atoms with Crippen molar-refractivity contribution in [3.63, 3.8) is 0 Å². The van der Waals surface area contributed by atoms with Gasteiger partial charge in [0, 0.05) is 18.5 Å². The quantitative estimate of drug-likeness (QED) is 0.630. The summed E-state index contributed by atoms with van der Waals surface area (Å²) in [5, 5.41) is 18.2. The lowest BCUT2D eigenvalue weighted by atomic mass is 10.2. The van der Waals surface area contributed by atoms with Crippen LogP contribution in [0.3, 0.4) is 0 Å². The van der Waals surface area contributed by atoms with Crippen LogP contribution in [-0.2, 0) is 12.8 Å². The zero-order valence-electron chi connectivity index (χ0n) is 6.67. The molecule has 1 aromatic rings. The van der Waals surface area contributed by atoms with Gasteiger partial charge in [-0.3, -0.25) is 0 Å².